The summed E-state index contributed by atoms with van der Waals surface area (Å²) in [5, 5.41) is 9.57. The van der Waals surface area contributed by atoms with E-state index >= 15 is 0 Å². The molecule has 6 heteroatoms. The lowest BCUT2D eigenvalue weighted by Gasteiger charge is -2.15. The van der Waals surface area contributed by atoms with Gasteiger partial charge in [-0.15, -0.1) is 0 Å². The van der Waals surface area contributed by atoms with Gasteiger partial charge in [0.25, 0.3) is 0 Å². The molecule has 1 aromatic carbocycles. The van der Waals surface area contributed by atoms with Gasteiger partial charge in [0, 0.05) is 10.6 Å². The van der Waals surface area contributed by atoms with Crippen LogP contribution in [0, 0.1) is 0 Å². The maximum absolute atomic E-state index is 11.0. The minimum Gasteiger partial charge on any atom is -0.477 e. The molecule has 1 aromatic heterocycles. The first-order chi connectivity index (χ1) is 10.5. The number of aromatic carboxylic acids is 1. The van der Waals surface area contributed by atoms with E-state index in [0.29, 0.717) is 16.8 Å². The highest BCUT2D eigenvalue weighted by Gasteiger charge is 2.26. The van der Waals surface area contributed by atoms with Crippen molar-refractivity contribution < 1.29 is 14.6 Å². The van der Waals surface area contributed by atoms with E-state index in [-0.39, 0.29) is 11.8 Å². The second-order valence-corrected chi connectivity index (χ2v) is 5.71. The lowest BCUT2D eigenvalue weighted by atomic mass is 10.1. The smallest absolute Gasteiger partial charge is 0.354 e. The molecular weight excluding hydrogens is 304 g/mol. The van der Waals surface area contributed by atoms with Gasteiger partial charge in [-0.05, 0) is 37.5 Å². The van der Waals surface area contributed by atoms with Crippen LogP contribution in [0.1, 0.15) is 41.9 Å². The first kappa shape index (κ1) is 14.9. The van der Waals surface area contributed by atoms with Gasteiger partial charge in [-0.25, -0.2) is 14.8 Å². The van der Waals surface area contributed by atoms with Crippen molar-refractivity contribution in [3.05, 3.63) is 46.9 Å². The molecule has 1 saturated carbocycles. The van der Waals surface area contributed by atoms with Crippen LogP contribution in [0.4, 0.5) is 0 Å². The molecule has 1 atom stereocenters. The van der Waals surface area contributed by atoms with E-state index in [4.69, 9.17) is 21.4 Å². The third kappa shape index (κ3) is 3.26. The second kappa shape index (κ2) is 6.02. The topological polar surface area (TPSA) is 72.3 Å². The third-order valence-electron chi connectivity index (χ3n) is 3.54. The SMILES string of the molecule is CC(OC1CC1)c1ccc(-c2cc(C(=O)O)ncn2)cc1Cl. The van der Waals surface area contributed by atoms with Crippen molar-refractivity contribution in [1.82, 2.24) is 9.97 Å². The Labute approximate surface area is 132 Å². The van der Waals surface area contributed by atoms with Crippen molar-refractivity contribution in [3.8, 4) is 11.3 Å². The number of rotatable bonds is 5. The molecule has 22 heavy (non-hydrogen) atoms. The van der Waals surface area contributed by atoms with Crippen LogP contribution in [-0.2, 0) is 4.74 Å². The van der Waals surface area contributed by atoms with E-state index < -0.39 is 5.97 Å². The van der Waals surface area contributed by atoms with Crippen LogP contribution in [0.2, 0.25) is 5.02 Å². The highest BCUT2D eigenvalue weighted by Crippen LogP contribution is 2.34. The van der Waals surface area contributed by atoms with E-state index in [9.17, 15) is 4.79 Å². The molecule has 1 aliphatic carbocycles. The molecular formula is C16H15ClN2O3. The molecule has 0 saturated heterocycles. The average molecular weight is 319 g/mol. The van der Waals surface area contributed by atoms with Crippen LogP contribution in [0.25, 0.3) is 11.3 Å². The van der Waals surface area contributed by atoms with Crippen molar-refractivity contribution in [2.75, 3.05) is 0 Å². The minimum absolute atomic E-state index is 0.0457. The molecule has 1 heterocycles. The highest BCUT2D eigenvalue weighted by atomic mass is 35.5. The number of carboxylic acids is 1. The van der Waals surface area contributed by atoms with E-state index in [2.05, 4.69) is 9.97 Å². The van der Waals surface area contributed by atoms with Gasteiger partial charge in [-0.2, -0.15) is 0 Å². The molecule has 5 nitrogen and oxygen atoms in total. The Morgan fingerprint density at radius 2 is 2.14 bits per heavy atom. The zero-order valence-corrected chi connectivity index (χ0v) is 12.7. The number of hydrogen-bond donors (Lipinski definition) is 1. The number of carboxylic acid groups (broad SMARTS) is 1. The Balaban J connectivity index is 1.87. The van der Waals surface area contributed by atoms with Crippen molar-refractivity contribution in [2.45, 2.75) is 32.0 Å². The summed E-state index contributed by atoms with van der Waals surface area (Å²) in [6, 6.07) is 6.96. The van der Waals surface area contributed by atoms with Gasteiger partial charge in [0.1, 0.15) is 6.33 Å². The fourth-order valence-electron chi connectivity index (χ4n) is 2.21. The van der Waals surface area contributed by atoms with Gasteiger partial charge in [0.15, 0.2) is 5.69 Å². The predicted molar refractivity (Wildman–Crippen MR) is 82.0 cm³/mol. The molecule has 2 aromatic rings. The summed E-state index contributed by atoms with van der Waals surface area (Å²) in [6.45, 7) is 1.98. The van der Waals surface area contributed by atoms with Gasteiger partial charge in [0.05, 0.1) is 17.9 Å². The van der Waals surface area contributed by atoms with Crippen LogP contribution in [0.5, 0.6) is 0 Å². The molecule has 1 N–H and O–H groups in total. The monoisotopic (exact) mass is 318 g/mol. The first-order valence-electron chi connectivity index (χ1n) is 7.05. The van der Waals surface area contributed by atoms with Crippen LogP contribution in [0.15, 0.2) is 30.6 Å². The minimum atomic E-state index is -1.09. The molecule has 0 aliphatic heterocycles. The van der Waals surface area contributed by atoms with Crippen molar-refractivity contribution in [2.24, 2.45) is 0 Å². The average Bonchev–Trinajstić information content (AvgIpc) is 3.31. The standard InChI is InChI=1S/C16H15ClN2O3/c1-9(22-11-3-4-11)12-5-2-10(6-13(12)17)14-7-15(16(20)21)19-8-18-14/h2,5-9,11H,3-4H2,1H3,(H,20,21). The summed E-state index contributed by atoms with van der Waals surface area (Å²) in [5.41, 5.74) is 2.15. The first-order valence-corrected chi connectivity index (χ1v) is 7.43. The number of benzene rings is 1. The summed E-state index contributed by atoms with van der Waals surface area (Å²) in [7, 11) is 0. The molecule has 1 unspecified atom stereocenters. The highest BCUT2D eigenvalue weighted by molar-refractivity contribution is 6.31. The van der Waals surface area contributed by atoms with Crippen LogP contribution >= 0.6 is 11.6 Å². The molecule has 1 fully saturated rings. The molecule has 3 rings (SSSR count). The van der Waals surface area contributed by atoms with Crippen molar-refractivity contribution in [1.29, 1.82) is 0 Å². The maximum atomic E-state index is 11.0. The third-order valence-corrected chi connectivity index (χ3v) is 3.87. The van der Waals surface area contributed by atoms with E-state index in [1.165, 1.54) is 12.4 Å². The Hall–Kier alpha value is -1.98. The summed E-state index contributed by atoms with van der Waals surface area (Å²) in [5.74, 6) is -1.09. The zero-order chi connectivity index (χ0) is 15.7. The summed E-state index contributed by atoms with van der Waals surface area (Å²) in [4.78, 5) is 18.8. The Morgan fingerprint density at radius 3 is 2.77 bits per heavy atom. The van der Waals surface area contributed by atoms with Gasteiger partial charge in [-0.1, -0.05) is 23.7 Å². The number of halogens is 1. The number of carbonyl (C=O) groups is 1. The van der Waals surface area contributed by atoms with Crippen molar-refractivity contribution in [3.63, 3.8) is 0 Å². The van der Waals surface area contributed by atoms with Crippen LogP contribution < -0.4 is 0 Å². The fraction of sp³-hybridized carbons (Fsp3) is 0.312. The molecule has 0 bridgehead atoms. The molecule has 0 amide bonds. The fourth-order valence-corrected chi connectivity index (χ4v) is 2.55. The van der Waals surface area contributed by atoms with Gasteiger partial charge in [0.2, 0.25) is 0 Å². The number of hydrogen-bond acceptors (Lipinski definition) is 4. The van der Waals surface area contributed by atoms with E-state index in [0.717, 1.165) is 24.0 Å². The number of nitrogens with zero attached hydrogens (tertiary/aromatic N) is 2. The summed E-state index contributed by atoms with van der Waals surface area (Å²) in [6.07, 6.45) is 3.75. The number of aromatic nitrogens is 2. The maximum Gasteiger partial charge on any atom is 0.354 e. The summed E-state index contributed by atoms with van der Waals surface area (Å²) >= 11 is 6.34. The second-order valence-electron chi connectivity index (χ2n) is 5.31. The predicted octanol–water partition coefficient (Wildman–Crippen LogP) is 3.74. The lowest BCUT2D eigenvalue weighted by Crippen LogP contribution is -2.03. The van der Waals surface area contributed by atoms with Gasteiger partial charge in [-0.3, -0.25) is 0 Å². The van der Waals surface area contributed by atoms with Crippen LogP contribution in [-0.4, -0.2) is 27.1 Å². The quantitative estimate of drug-likeness (QED) is 0.909. The molecule has 1 aliphatic rings. The Kier molecular flexibility index (Phi) is 4.09. The van der Waals surface area contributed by atoms with Gasteiger partial charge >= 0.3 is 5.97 Å². The Morgan fingerprint density at radius 1 is 1.36 bits per heavy atom. The normalized spacial score (nSPS) is 15.5. The molecule has 0 radical (unpaired) electrons. The molecule has 114 valence electrons. The van der Waals surface area contributed by atoms with Gasteiger partial charge < -0.3 is 9.84 Å². The van der Waals surface area contributed by atoms with E-state index in [1.54, 1.807) is 6.07 Å². The Bertz CT molecular complexity index is 716. The largest absolute Gasteiger partial charge is 0.477 e. The van der Waals surface area contributed by atoms with E-state index in [1.807, 2.05) is 19.1 Å². The van der Waals surface area contributed by atoms with Crippen LogP contribution in [0.3, 0.4) is 0 Å². The molecule has 0 spiro atoms. The zero-order valence-electron chi connectivity index (χ0n) is 12.0. The number of ether oxygens (including phenoxy) is 1. The summed E-state index contributed by atoms with van der Waals surface area (Å²) < 4.78 is 5.84. The lowest BCUT2D eigenvalue weighted by molar-refractivity contribution is 0.0520. The van der Waals surface area contributed by atoms with Crippen molar-refractivity contribution >= 4 is 17.6 Å².